The van der Waals surface area contributed by atoms with E-state index in [0.29, 0.717) is 37.7 Å². The van der Waals surface area contributed by atoms with Gasteiger partial charge >= 0.3 is 17.9 Å². The number of aliphatic hydroxyl groups is 1. The zero-order valence-corrected chi connectivity index (χ0v) is 22.5. The number of esters is 3. The molecule has 0 aliphatic carbocycles. The molecule has 0 heterocycles. The maximum absolute atomic E-state index is 12.2. The lowest BCUT2D eigenvalue weighted by atomic mass is 10.2. The van der Waals surface area contributed by atoms with Crippen molar-refractivity contribution < 1.29 is 43.2 Å². The highest BCUT2D eigenvalue weighted by Crippen LogP contribution is 2.19. The fourth-order valence-corrected chi connectivity index (χ4v) is 3.15. The van der Waals surface area contributed by atoms with Crippen LogP contribution >= 0.6 is 0 Å². The number of aliphatic hydroxyl groups excluding tert-OH is 1. The minimum atomic E-state index is -0.558. The Hall–Kier alpha value is -4.37. The maximum Gasteiger partial charge on any atom is 0.336 e. The van der Waals surface area contributed by atoms with Gasteiger partial charge in [0.05, 0.1) is 38.6 Å². The topological polar surface area (TPSA) is 118 Å². The van der Waals surface area contributed by atoms with Crippen LogP contribution in [0.2, 0.25) is 0 Å². The molecule has 0 bridgehead atoms. The highest BCUT2D eigenvalue weighted by Gasteiger charge is 2.06. The van der Waals surface area contributed by atoms with Gasteiger partial charge in [0.1, 0.15) is 17.2 Å². The van der Waals surface area contributed by atoms with Gasteiger partial charge in [-0.1, -0.05) is 25.3 Å². The van der Waals surface area contributed by atoms with E-state index in [1.165, 1.54) is 6.08 Å². The number of benzene rings is 2. The third kappa shape index (κ3) is 13.4. The number of hydrogen-bond acceptors (Lipinski definition) is 9. The number of unbranched alkanes of at least 4 members (excludes halogenated alkanes) is 3. The molecule has 0 saturated carbocycles. The van der Waals surface area contributed by atoms with Crippen LogP contribution < -0.4 is 14.2 Å². The normalized spacial score (nSPS) is 10.5. The lowest BCUT2D eigenvalue weighted by Gasteiger charge is -2.07. The molecule has 0 radical (unpaired) electrons. The van der Waals surface area contributed by atoms with Crippen molar-refractivity contribution in [2.24, 2.45) is 0 Å². The molecule has 0 atom stereocenters. The van der Waals surface area contributed by atoms with Crippen LogP contribution in [0.15, 0.2) is 79.4 Å². The van der Waals surface area contributed by atoms with Gasteiger partial charge in [-0.2, -0.15) is 0 Å². The van der Waals surface area contributed by atoms with Crippen molar-refractivity contribution >= 4 is 24.0 Å². The van der Waals surface area contributed by atoms with Crippen molar-refractivity contribution in [2.75, 3.05) is 33.0 Å². The van der Waals surface area contributed by atoms with E-state index in [1.807, 2.05) is 24.3 Å². The van der Waals surface area contributed by atoms with Crippen molar-refractivity contribution in [2.45, 2.75) is 32.1 Å². The SMILES string of the molecule is C=CC(=O)OCCCOc1ccc(OC(=O)/C=C/c2ccc(OCCCCCCOC(=O)C(=C)CO)cc2)cc1. The number of ether oxygens (including phenoxy) is 5. The summed E-state index contributed by atoms with van der Waals surface area (Å²) in [4.78, 5) is 34.5. The fourth-order valence-electron chi connectivity index (χ4n) is 3.15. The average Bonchev–Trinajstić information content (AvgIpc) is 2.97. The summed E-state index contributed by atoms with van der Waals surface area (Å²) in [6, 6.07) is 14.0. The number of carbonyl (C=O) groups excluding carboxylic acids is 3. The third-order valence-electron chi connectivity index (χ3n) is 5.32. The Bertz CT molecular complexity index is 1120. The first-order valence-corrected chi connectivity index (χ1v) is 13.0. The third-order valence-corrected chi connectivity index (χ3v) is 5.32. The van der Waals surface area contributed by atoms with Crippen LogP contribution in [-0.4, -0.2) is 56.0 Å². The highest BCUT2D eigenvalue weighted by molar-refractivity contribution is 5.89. The zero-order chi connectivity index (χ0) is 29.0. The van der Waals surface area contributed by atoms with Gasteiger partial charge in [-0.3, -0.25) is 0 Å². The van der Waals surface area contributed by atoms with E-state index in [2.05, 4.69) is 13.2 Å². The van der Waals surface area contributed by atoms with Crippen LogP contribution in [0.3, 0.4) is 0 Å². The van der Waals surface area contributed by atoms with Crippen LogP contribution in [0.1, 0.15) is 37.7 Å². The molecule has 2 rings (SSSR count). The summed E-state index contributed by atoms with van der Waals surface area (Å²) in [5.74, 6) is 0.199. The van der Waals surface area contributed by atoms with Crippen molar-refractivity contribution in [3.8, 4) is 17.2 Å². The summed E-state index contributed by atoms with van der Waals surface area (Å²) in [7, 11) is 0. The Labute approximate surface area is 234 Å². The van der Waals surface area contributed by atoms with E-state index >= 15 is 0 Å². The van der Waals surface area contributed by atoms with Gasteiger partial charge in [0.15, 0.2) is 0 Å². The summed E-state index contributed by atoms with van der Waals surface area (Å²) in [5.41, 5.74) is 0.883. The van der Waals surface area contributed by atoms with Crippen molar-refractivity contribution in [3.63, 3.8) is 0 Å². The Morgan fingerprint density at radius 2 is 1.25 bits per heavy atom. The van der Waals surface area contributed by atoms with E-state index in [9.17, 15) is 14.4 Å². The predicted molar refractivity (Wildman–Crippen MR) is 150 cm³/mol. The predicted octanol–water partition coefficient (Wildman–Crippen LogP) is 4.83. The summed E-state index contributed by atoms with van der Waals surface area (Å²) >= 11 is 0. The van der Waals surface area contributed by atoms with Crippen LogP contribution in [0.5, 0.6) is 17.2 Å². The highest BCUT2D eigenvalue weighted by atomic mass is 16.5. The van der Waals surface area contributed by atoms with Crippen molar-refractivity contribution in [3.05, 3.63) is 85.0 Å². The smallest absolute Gasteiger partial charge is 0.336 e. The first-order valence-electron chi connectivity index (χ1n) is 13.0. The lowest BCUT2D eigenvalue weighted by Crippen LogP contribution is -2.10. The second-order valence-electron chi connectivity index (χ2n) is 8.53. The van der Waals surface area contributed by atoms with Crippen LogP contribution in [0.4, 0.5) is 0 Å². The van der Waals surface area contributed by atoms with E-state index in [4.69, 9.17) is 28.8 Å². The molecule has 0 saturated heterocycles. The molecular formula is C31H36O9. The largest absolute Gasteiger partial charge is 0.494 e. The Morgan fingerprint density at radius 1 is 0.700 bits per heavy atom. The summed E-state index contributed by atoms with van der Waals surface area (Å²) in [6.45, 7) is 7.85. The average molecular weight is 553 g/mol. The molecule has 2 aromatic rings. The molecule has 0 amide bonds. The van der Waals surface area contributed by atoms with Gasteiger partial charge in [0.25, 0.3) is 0 Å². The Kier molecular flexibility index (Phi) is 15.0. The van der Waals surface area contributed by atoms with Crippen LogP contribution in [0, 0.1) is 0 Å². The van der Waals surface area contributed by atoms with E-state index in [0.717, 1.165) is 43.1 Å². The molecule has 0 aromatic heterocycles. The van der Waals surface area contributed by atoms with Gasteiger partial charge in [0.2, 0.25) is 0 Å². The molecule has 2 aromatic carbocycles. The first kappa shape index (κ1) is 31.8. The van der Waals surface area contributed by atoms with Gasteiger partial charge in [-0.05, 0) is 73.7 Å². The molecule has 1 N–H and O–H groups in total. The molecule has 40 heavy (non-hydrogen) atoms. The minimum Gasteiger partial charge on any atom is -0.494 e. The Morgan fingerprint density at radius 3 is 1.88 bits per heavy atom. The molecule has 0 aliphatic heterocycles. The maximum atomic E-state index is 12.2. The number of hydrogen-bond donors (Lipinski definition) is 1. The van der Waals surface area contributed by atoms with Crippen LogP contribution in [-0.2, 0) is 23.9 Å². The molecule has 0 spiro atoms. The van der Waals surface area contributed by atoms with Gasteiger partial charge < -0.3 is 28.8 Å². The standard InChI is InChI=1S/C31H36O9/c1-3-29(33)38-22-8-21-37-27-14-16-28(17-15-27)40-30(34)18-11-25-9-12-26(13-10-25)36-19-6-4-5-7-20-39-31(35)24(2)23-32/h3,9-18,32H,1-2,4-8,19-23H2/b18-11+. The minimum absolute atomic E-state index is 0.0586. The van der Waals surface area contributed by atoms with Crippen molar-refractivity contribution in [1.82, 2.24) is 0 Å². The van der Waals surface area contributed by atoms with Crippen LogP contribution in [0.25, 0.3) is 6.08 Å². The fraction of sp³-hybridized carbons (Fsp3) is 0.323. The summed E-state index contributed by atoms with van der Waals surface area (Å²) in [6.07, 6.45) is 8.11. The molecule has 9 nitrogen and oxygen atoms in total. The van der Waals surface area contributed by atoms with Gasteiger partial charge in [-0.15, -0.1) is 0 Å². The summed E-state index contributed by atoms with van der Waals surface area (Å²) < 4.78 is 26.5. The van der Waals surface area contributed by atoms with E-state index in [1.54, 1.807) is 30.3 Å². The quantitative estimate of drug-likeness (QED) is 0.113. The molecule has 0 aliphatic rings. The Balaban J connectivity index is 1.60. The second kappa shape index (κ2) is 18.8. The molecule has 0 unspecified atom stereocenters. The summed E-state index contributed by atoms with van der Waals surface area (Å²) in [5, 5.41) is 8.81. The van der Waals surface area contributed by atoms with Crippen molar-refractivity contribution in [1.29, 1.82) is 0 Å². The molecule has 9 heteroatoms. The zero-order valence-electron chi connectivity index (χ0n) is 22.5. The van der Waals surface area contributed by atoms with Gasteiger partial charge in [-0.25, -0.2) is 14.4 Å². The molecule has 0 fully saturated rings. The monoisotopic (exact) mass is 552 g/mol. The lowest BCUT2D eigenvalue weighted by molar-refractivity contribution is -0.140. The van der Waals surface area contributed by atoms with E-state index in [-0.39, 0.29) is 12.2 Å². The molecule has 214 valence electrons. The van der Waals surface area contributed by atoms with Gasteiger partial charge in [0, 0.05) is 18.6 Å². The second-order valence-corrected chi connectivity index (χ2v) is 8.53. The molecular weight excluding hydrogens is 516 g/mol. The van der Waals surface area contributed by atoms with E-state index < -0.39 is 24.5 Å². The first-order chi connectivity index (χ1) is 19.4. The number of carbonyl (C=O) groups is 3. The number of rotatable bonds is 19.